The molecule has 0 unspecified atom stereocenters. The molecule has 1 N–H and O–H groups in total. The highest BCUT2D eigenvalue weighted by Crippen LogP contribution is 2.37. The molecule has 4 rings (SSSR count). The first-order valence-electron chi connectivity index (χ1n) is 10.4. The minimum absolute atomic E-state index is 0.128. The molecule has 2 aromatic heterocycles. The minimum Gasteiger partial charge on any atom is -0.493 e. The van der Waals surface area contributed by atoms with Gasteiger partial charge in [0.05, 0.1) is 36.7 Å². The van der Waals surface area contributed by atoms with Crippen LogP contribution in [0.25, 0.3) is 21.3 Å². The first-order valence-corrected chi connectivity index (χ1v) is 11.3. The van der Waals surface area contributed by atoms with Crippen molar-refractivity contribution in [2.24, 2.45) is 0 Å². The largest absolute Gasteiger partial charge is 0.493 e. The molecular formula is C25H18F4N2O4S. The van der Waals surface area contributed by atoms with Gasteiger partial charge in [-0.1, -0.05) is 12.1 Å². The van der Waals surface area contributed by atoms with Crippen LogP contribution in [0, 0.1) is 5.82 Å². The van der Waals surface area contributed by atoms with Gasteiger partial charge in [-0.25, -0.2) is 9.37 Å². The number of aromatic nitrogens is 1. The van der Waals surface area contributed by atoms with E-state index in [2.05, 4.69) is 10.3 Å². The number of rotatable bonds is 7. The van der Waals surface area contributed by atoms with Gasteiger partial charge in [0.15, 0.2) is 17.3 Å². The first-order chi connectivity index (χ1) is 17.1. The van der Waals surface area contributed by atoms with Crippen molar-refractivity contribution in [2.45, 2.75) is 6.18 Å². The average molecular weight is 518 g/mol. The zero-order valence-electron chi connectivity index (χ0n) is 18.9. The summed E-state index contributed by atoms with van der Waals surface area (Å²) in [5, 5.41) is 4.25. The zero-order valence-corrected chi connectivity index (χ0v) is 19.7. The summed E-state index contributed by atoms with van der Waals surface area (Å²) in [6.07, 6.45) is -4.76. The van der Waals surface area contributed by atoms with E-state index < -0.39 is 41.5 Å². The van der Waals surface area contributed by atoms with Crippen LogP contribution < -0.4 is 14.8 Å². The van der Waals surface area contributed by atoms with E-state index in [1.165, 1.54) is 49.9 Å². The SMILES string of the molecule is COc1ccc(C(=O)NCC(=O)c2cc(C(F)(F)F)cc(-c3csc4c(F)cccc34)n2)cc1OC. The van der Waals surface area contributed by atoms with E-state index in [0.717, 1.165) is 17.4 Å². The third-order valence-electron chi connectivity index (χ3n) is 5.32. The third kappa shape index (κ3) is 5.01. The fourth-order valence-electron chi connectivity index (χ4n) is 3.53. The number of nitrogens with zero attached hydrogens (tertiary/aromatic N) is 1. The summed E-state index contributed by atoms with van der Waals surface area (Å²) in [6.45, 7) is -0.597. The van der Waals surface area contributed by atoms with Crippen LogP contribution in [-0.4, -0.2) is 37.4 Å². The number of thiophene rings is 1. The van der Waals surface area contributed by atoms with Gasteiger partial charge in [-0.15, -0.1) is 11.3 Å². The Labute approximate surface area is 206 Å². The molecule has 0 atom stereocenters. The molecule has 0 fully saturated rings. The number of ketones is 1. The fraction of sp³-hybridized carbons (Fsp3) is 0.160. The Hall–Kier alpha value is -3.99. The maximum Gasteiger partial charge on any atom is 0.416 e. The van der Waals surface area contributed by atoms with E-state index in [-0.39, 0.29) is 21.5 Å². The lowest BCUT2D eigenvalue weighted by atomic mass is 10.1. The highest BCUT2D eigenvalue weighted by atomic mass is 32.1. The summed E-state index contributed by atoms with van der Waals surface area (Å²) in [6, 6.07) is 10.0. The Bertz CT molecular complexity index is 1470. The van der Waals surface area contributed by atoms with Crippen molar-refractivity contribution in [3.63, 3.8) is 0 Å². The molecule has 0 saturated heterocycles. The van der Waals surface area contributed by atoms with Crippen molar-refractivity contribution in [2.75, 3.05) is 20.8 Å². The van der Waals surface area contributed by atoms with Gasteiger partial charge in [0.1, 0.15) is 11.5 Å². The molecule has 0 aliphatic carbocycles. The number of Topliss-reactive ketones (excluding diaryl/α,β-unsaturated/α-hetero) is 1. The Balaban J connectivity index is 1.63. The molecule has 11 heteroatoms. The highest BCUT2D eigenvalue weighted by molar-refractivity contribution is 7.17. The van der Waals surface area contributed by atoms with Crippen molar-refractivity contribution in [1.82, 2.24) is 10.3 Å². The van der Waals surface area contributed by atoms with Crippen LogP contribution in [0.5, 0.6) is 11.5 Å². The average Bonchev–Trinajstić information content (AvgIpc) is 3.31. The second-order valence-corrected chi connectivity index (χ2v) is 8.45. The van der Waals surface area contributed by atoms with Crippen LogP contribution in [-0.2, 0) is 6.18 Å². The Morgan fingerprint density at radius 1 is 1.03 bits per heavy atom. The van der Waals surface area contributed by atoms with Gasteiger partial charge in [-0.3, -0.25) is 9.59 Å². The molecule has 0 spiro atoms. The maximum absolute atomic E-state index is 14.1. The lowest BCUT2D eigenvalue weighted by Gasteiger charge is -2.12. The molecule has 186 valence electrons. The van der Waals surface area contributed by atoms with Gasteiger partial charge in [0.2, 0.25) is 0 Å². The Morgan fingerprint density at radius 3 is 2.47 bits per heavy atom. The van der Waals surface area contributed by atoms with Crippen LogP contribution >= 0.6 is 11.3 Å². The molecule has 0 aliphatic heterocycles. The molecule has 4 aromatic rings. The fourth-order valence-corrected chi connectivity index (χ4v) is 4.50. The first kappa shape index (κ1) is 25.1. The standard InChI is InChI=1S/C25H18F4N2O4S/c1-34-21-7-6-13(8-22(21)35-2)24(33)30-11-20(32)19-10-14(25(27,28)29)9-18(31-19)16-12-36-23-15(16)4-3-5-17(23)26/h3-10,12H,11H2,1-2H3,(H,30,33). The lowest BCUT2D eigenvalue weighted by molar-refractivity contribution is -0.137. The summed E-state index contributed by atoms with van der Waals surface area (Å²) in [4.78, 5) is 29.4. The van der Waals surface area contributed by atoms with Crippen LogP contribution in [0.3, 0.4) is 0 Å². The molecule has 0 radical (unpaired) electrons. The second-order valence-electron chi connectivity index (χ2n) is 7.57. The normalized spacial score (nSPS) is 11.4. The van der Waals surface area contributed by atoms with Gasteiger partial charge in [-0.05, 0) is 36.4 Å². The van der Waals surface area contributed by atoms with Gasteiger partial charge >= 0.3 is 6.18 Å². The minimum atomic E-state index is -4.76. The maximum atomic E-state index is 14.1. The number of alkyl halides is 3. The monoisotopic (exact) mass is 518 g/mol. The van der Waals surface area contributed by atoms with Crippen LogP contribution in [0.15, 0.2) is 53.9 Å². The molecule has 36 heavy (non-hydrogen) atoms. The zero-order chi connectivity index (χ0) is 26.0. The number of fused-ring (bicyclic) bond motifs is 1. The topological polar surface area (TPSA) is 77.5 Å². The number of carbonyl (C=O) groups is 2. The van der Waals surface area contributed by atoms with E-state index in [1.807, 2.05) is 0 Å². The van der Waals surface area contributed by atoms with Gasteiger partial charge in [-0.2, -0.15) is 13.2 Å². The van der Waals surface area contributed by atoms with Crippen molar-refractivity contribution in [1.29, 1.82) is 0 Å². The van der Waals surface area contributed by atoms with Crippen molar-refractivity contribution in [3.05, 3.63) is 76.5 Å². The summed E-state index contributed by atoms with van der Waals surface area (Å²) in [5.41, 5.74) is -1.27. The van der Waals surface area contributed by atoms with E-state index in [1.54, 1.807) is 6.07 Å². The van der Waals surface area contributed by atoms with E-state index in [0.29, 0.717) is 23.0 Å². The number of methoxy groups -OCH3 is 2. The van der Waals surface area contributed by atoms with Gasteiger partial charge in [0, 0.05) is 21.9 Å². The van der Waals surface area contributed by atoms with Gasteiger partial charge < -0.3 is 14.8 Å². The second kappa shape index (κ2) is 9.94. The number of pyridine rings is 1. The predicted octanol–water partition coefficient (Wildman–Crippen LogP) is 5.75. The molecular weight excluding hydrogens is 500 g/mol. The number of nitrogens with one attached hydrogen (secondary N) is 1. The van der Waals surface area contributed by atoms with E-state index in [4.69, 9.17) is 9.47 Å². The summed E-state index contributed by atoms with van der Waals surface area (Å²) < 4.78 is 65.4. The number of ether oxygens (including phenoxy) is 2. The smallest absolute Gasteiger partial charge is 0.416 e. The van der Waals surface area contributed by atoms with Gasteiger partial charge in [0.25, 0.3) is 5.91 Å². The lowest BCUT2D eigenvalue weighted by Crippen LogP contribution is -2.30. The molecule has 0 aliphatic rings. The Kier molecular flexibility index (Phi) is 6.93. The van der Waals surface area contributed by atoms with E-state index >= 15 is 0 Å². The highest BCUT2D eigenvalue weighted by Gasteiger charge is 2.33. The number of hydrogen-bond donors (Lipinski definition) is 1. The number of benzene rings is 2. The van der Waals surface area contributed by atoms with Crippen molar-refractivity contribution in [3.8, 4) is 22.8 Å². The number of carbonyl (C=O) groups excluding carboxylic acids is 2. The summed E-state index contributed by atoms with van der Waals surface area (Å²) in [5.74, 6) is -1.30. The van der Waals surface area contributed by atoms with Crippen LogP contribution in [0.1, 0.15) is 26.4 Å². The van der Waals surface area contributed by atoms with Crippen LogP contribution in [0.2, 0.25) is 0 Å². The number of hydrogen-bond acceptors (Lipinski definition) is 6. The third-order valence-corrected chi connectivity index (χ3v) is 6.33. The molecule has 0 saturated carbocycles. The molecule has 6 nitrogen and oxygen atoms in total. The Morgan fingerprint density at radius 2 is 1.78 bits per heavy atom. The predicted molar refractivity (Wildman–Crippen MR) is 126 cm³/mol. The van der Waals surface area contributed by atoms with Crippen LogP contribution in [0.4, 0.5) is 17.6 Å². The molecule has 2 aromatic carbocycles. The molecule has 0 bridgehead atoms. The number of amides is 1. The number of halogens is 4. The summed E-state index contributed by atoms with van der Waals surface area (Å²) in [7, 11) is 2.83. The van der Waals surface area contributed by atoms with E-state index in [9.17, 15) is 27.2 Å². The van der Waals surface area contributed by atoms with Crippen molar-refractivity contribution < 1.29 is 36.6 Å². The summed E-state index contributed by atoms with van der Waals surface area (Å²) >= 11 is 1.02. The quantitative estimate of drug-likeness (QED) is 0.249. The molecule has 2 heterocycles. The van der Waals surface area contributed by atoms with Crippen molar-refractivity contribution >= 4 is 33.1 Å². The molecule has 1 amide bonds.